The van der Waals surface area contributed by atoms with Gasteiger partial charge in [0, 0.05) is 12.2 Å². The normalized spacial score (nSPS) is 8.00. The van der Waals surface area contributed by atoms with E-state index < -0.39 is 0 Å². The third-order valence-electron chi connectivity index (χ3n) is 0.482. The molecule has 2 heteroatoms. The first-order valence-corrected chi connectivity index (χ1v) is 2.85. The summed E-state index contributed by atoms with van der Waals surface area (Å²) in [5.41, 5.74) is 0. The molecule has 0 radical (unpaired) electrons. The maximum atomic E-state index is 7.73. The van der Waals surface area contributed by atoms with Crippen LogP contribution in [0.15, 0.2) is 24.3 Å². The van der Waals surface area contributed by atoms with E-state index in [0.29, 0.717) is 0 Å². The number of nitriles is 2. The molecule has 0 aromatic heterocycles. The molecule has 0 bridgehead atoms. The molecule has 52 valence electrons. The zero-order chi connectivity index (χ0) is 8.24. The molecule has 0 N–H and O–H groups in total. The lowest BCUT2D eigenvalue weighted by Gasteiger charge is -1.47. The molecule has 0 aliphatic carbocycles. The van der Waals surface area contributed by atoms with E-state index in [0.717, 1.165) is 0 Å². The Morgan fingerprint density at radius 1 is 0.900 bits per heavy atom. The first-order chi connectivity index (χ1) is 4.83. The second kappa shape index (κ2) is 15.7. The van der Waals surface area contributed by atoms with E-state index in [-0.39, 0.29) is 0 Å². The van der Waals surface area contributed by atoms with Gasteiger partial charge in [-0.25, -0.2) is 0 Å². The molecule has 0 fully saturated rings. The Bertz CT molecular complexity index is 154. The van der Waals surface area contributed by atoms with Crippen LogP contribution in [0.25, 0.3) is 0 Å². The van der Waals surface area contributed by atoms with Crippen LogP contribution in [0.1, 0.15) is 13.8 Å². The molecule has 0 aromatic rings. The molecule has 0 amide bonds. The number of rotatable bonds is 0. The molecule has 0 atom stereocenters. The highest BCUT2D eigenvalue weighted by Gasteiger charge is 1.46. The predicted molar refractivity (Wildman–Crippen MR) is 40.9 cm³/mol. The highest BCUT2D eigenvalue weighted by molar-refractivity contribution is 4.99. The van der Waals surface area contributed by atoms with Crippen LogP contribution in [0.2, 0.25) is 0 Å². The zero-order valence-corrected chi connectivity index (χ0v) is 6.20. The summed E-state index contributed by atoms with van der Waals surface area (Å²) in [6.45, 7) is 3.62. The van der Waals surface area contributed by atoms with E-state index in [1.807, 2.05) is 26.0 Å². The van der Waals surface area contributed by atoms with Crippen LogP contribution in [0, 0.1) is 22.7 Å². The van der Waals surface area contributed by atoms with Crippen molar-refractivity contribution in [2.75, 3.05) is 0 Å². The average molecular weight is 134 g/mol. The average Bonchev–Trinajstić information content (AvgIpc) is 1.93. The third-order valence-corrected chi connectivity index (χ3v) is 0.482. The van der Waals surface area contributed by atoms with Gasteiger partial charge in [0.05, 0.1) is 12.1 Å². The monoisotopic (exact) mass is 134 g/mol. The van der Waals surface area contributed by atoms with Gasteiger partial charge in [0.2, 0.25) is 0 Å². The second-order valence-corrected chi connectivity index (χ2v) is 1.26. The fourth-order valence-electron chi connectivity index (χ4n) is 0.149. The van der Waals surface area contributed by atoms with Crippen LogP contribution in [-0.4, -0.2) is 0 Å². The summed E-state index contributed by atoms with van der Waals surface area (Å²) in [5.74, 6) is 0. The molecule has 0 unspecified atom stereocenters. The number of nitrogens with zero attached hydrogens (tertiary/aromatic N) is 2. The lowest BCUT2D eigenvalue weighted by atomic mass is 10.6. The van der Waals surface area contributed by atoms with E-state index in [1.165, 1.54) is 12.2 Å². The quantitative estimate of drug-likeness (QED) is 0.476. The smallest absolute Gasteiger partial charge is 0.0908 e. The summed E-state index contributed by atoms with van der Waals surface area (Å²) in [7, 11) is 0. The van der Waals surface area contributed by atoms with Gasteiger partial charge in [-0.05, 0) is 13.8 Å². The van der Waals surface area contributed by atoms with Gasteiger partial charge in [-0.1, -0.05) is 12.2 Å². The minimum atomic E-state index is 1.43. The molecular formula is C8H10N2. The molecule has 0 saturated carbocycles. The second-order valence-electron chi connectivity index (χ2n) is 1.26. The Morgan fingerprint density at radius 3 is 1.20 bits per heavy atom. The van der Waals surface area contributed by atoms with Gasteiger partial charge in [-0.15, -0.1) is 0 Å². The highest BCUT2D eigenvalue weighted by Crippen LogP contribution is 1.58. The van der Waals surface area contributed by atoms with Gasteiger partial charge in [0.15, 0.2) is 0 Å². The lowest BCUT2D eigenvalue weighted by molar-refractivity contribution is 1.53. The highest BCUT2D eigenvalue weighted by atomic mass is 14.2. The van der Waals surface area contributed by atoms with E-state index in [9.17, 15) is 0 Å². The molecule has 2 nitrogen and oxygen atoms in total. The van der Waals surface area contributed by atoms with Crippen molar-refractivity contribution in [3.63, 3.8) is 0 Å². The SMILES string of the molecule is CC=CC#N.CC=CC#N. The largest absolute Gasteiger partial charge is 0.193 e. The summed E-state index contributed by atoms with van der Waals surface area (Å²) in [6.07, 6.45) is 6.25. The van der Waals surface area contributed by atoms with Crippen LogP contribution in [0.4, 0.5) is 0 Å². The van der Waals surface area contributed by atoms with Crippen molar-refractivity contribution in [2.45, 2.75) is 13.8 Å². The van der Waals surface area contributed by atoms with E-state index in [2.05, 4.69) is 0 Å². The maximum absolute atomic E-state index is 7.73. The van der Waals surface area contributed by atoms with Crippen LogP contribution < -0.4 is 0 Å². The molecule has 0 saturated heterocycles. The molecule has 10 heavy (non-hydrogen) atoms. The van der Waals surface area contributed by atoms with Crippen LogP contribution in [0.5, 0.6) is 0 Å². The molecule has 0 heterocycles. The Hall–Kier alpha value is -1.54. The first-order valence-electron chi connectivity index (χ1n) is 2.85. The van der Waals surface area contributed by atoms with E-state index in [4.69, 9.17) is 10.5 Å². The maximum Gasteiger partial charge on any atom is 0.0908 e. The van der Waals surface area contributed by atoms with Gasteiger partial charge in [-0.2, -0.15) is 10.5 Å². The molecule has 0 rings (SSSR count). The number of hydrogen-bond acceptors (Lipinski definition) is 2. The summed E-state index contributed by atoms with van der Waals surface area (Å²) in [6, 6.07) is 3.67. The van der Waals surface area contributed by atoms with Crippen molar-refractivity contribution in [1.29, 1.82) is 10.5 Å². The van der Waals surface area contributed by atoms with Crippen LogP contribution in [-0.2, 0) is 0 Å². The zero-order valence-electron chi connectivity index (χ0n) is 6.20. The first kappa shape index (κ1) is 11.3. The van der Waals surface area contributed by atoms with Gasteiger partial charge in [0.1, 0.15) is 0 Å². The number of allylic oxidation sites excluding steroid dienone is 4. The standard InChI is InChI=1S/2C4H5N/c2*1-2-3-4-5/h2*2-3H,1H3. The third kappa shape index (κ3) is 31.8. The van der Waals surface area contributed by atoms with Crippen molar-refractivity contribution in [3.05, 3.63) is 24.3 Å². The van der Waals surface area contributed by atoms with Crippen LogP contribution in [0.3, 0.4) is 0 Å². The van der Waals surface area contributed by atoms with Gasteiger partial charge in [-0.3, -0.25) is 0 Å². The molecular weight excluding hydrogens is 124 g/mol. The van der Waals surface area contributed by atoms with E-state index in [1.54, 1.807) is 12.2 Å². The van der Waals surface area contributed by atoms with Crippen molar-refractivity contribution >= 4 is 0 Å². The van der Waals surface area contributed by atoms with Crippen molar-refractivity contribution in [1.82, 2.24) is 0 Å². The number of hydrogen-bond donors (Lipinski definition) is 0. The van der Waals surface area contributed by atoms with Crippen molar-refractivity contribution in [2.24, 2.45) is 0 Å². The van der Waals surface area contributed by atoms with Gasteiger partial charge < -0.3 is 0 Å². The fraction of sp³-hybridized carbons (Fsp3) is 0.250. The van der Waals surface area contributed by atoms with Gasteiger partial charge >= 0.3 is 0 Å². The van der Waals surface area contributed by atoms with Gasteiger partial charge in [0.25, 0.3) is 0 Å². The Labute approximate surface area is 61.7 Å². The molecule has 0 spiro atoms. The minimum absolute atomic E-state index is 1.43. The van der Waals surface area contributed by atoms with Crippen molar-refractivity contribution < 1.29 is 0 Å². The lowest BCUT2D eigenvalue weighted by Crippen LogP contribution is -1.35. The summed E-state index contributed by atoms with van der Waals surface area (Å²) in [4.78, 5) is 0. The molecule has 0 aromatic carbocycles. The summed E-state index contributed by atoms with van der Waals surface area (Å²) in [5, 5.41) is 15.5. The van der Waals surface area contributed by atoms with Crippen LogP contribution >= 0.6 is 0 Å². The summed E-state index contributed by atoms with van der Waals surface area (Å²) < 4.78 is 0. The fourth-order valence-corrected chi connectivity index (χ4v) is 0.149. The summed E-state index contributed by atoms with van der Waals surface area (Å²) >= 11 is 0. The van der Waals surface area contributed by atoms with E-state index >= 15 is 0 Å². The molecule has 0 aliphatic heterocycles. The Balaban J connectivity index is 0. The topological polar surface area (TPSA) is 47.6 Å². The Kier molecular flexibility index (Phi) is 17.7. The molecule has 0 aliphatic rings. The Morgan fingerprint density at radius 2 is 1.20 bits per heavy atom. The predicted octanol–water partition coefficient (Wildman–Crippen LogP) is 2.17. The minimum Gasteiger partial charge on any atom is -0.193 e. The van der Waals surface area contributed by atoms with Crippen molar-refractivity contribution in [3.8, 4) is 12.1 Å².